The lowest BCUT2D eigenvalue weighted by Gasteiger charge is -2.09. The van der Waals surface area contributed by atoms with Crippen molar-refractivity contribution in [1.29, 1.82) is 0 Å². The zero-order valence-corrected chi connectivity index (χ0v) is 12.8. The van der Waals surface area contributed by atoms with Crippen molar-refractivity contribution in [2.24, 2.45) is 5.73 Å². The van der Waals surface area contributed by atoms with Crippen LogP contribution in [0.15, 0.2) is 35.5 Å². The van der Waals surface area contributed by atoms with Crippen LogP contribution in [-0.4, -0.2) is 13.4 Å². The fourth-order valence-electron chi connectivity index (χ4n) is 1.51. The lowest BCUT2D eigenvalue weighted by molar-refractivity contribution is 0.597. The molecule has 0 unspecified atom stereocenters. The summed E-state index contributed by atoms with van der Waals surface area (Å²) in [5.41, 5.74) is 6.14. The molecular weight excluding hydrogens is 340 g/mol. The van der Waals surface area contributed by atoms with E-state index in [1.807, 2.05) is 0 Å². The maximum Gasteiger partial charge on any atom is 0.279 e. The van der Waals surface area contributed by atoms with Gasteiger partial charge in [-0.1, -0.05) is 29.3 Å². The molecule has 0 radical (unpaired) electrons. The quantitative estimate of drug-likeness (QED) is 0.831. The van der Waals surface area contributed by atoms with Gasteiger partial charge in [0.1, 0.15) is 0 Å². The van der Waals surface area contributed by atoms with Gasteiger partial charge in [-0.15, -0.1) is 0 Å². The Balaban J connectivity index is 2.32. The van der Waals surface area contributed by atoms with E-state index in [0.29, 0.717) is 5.56 Å². The summed E-state index contributed by atoms with van der Waals surface area (Å²) in [6.45, 7) is 0.254. The zero-order valence-electron chi connectivity index (χ0n) is 10.5. The molecular formula is C12H10Cl2FN3O2S. The summed E-state index contributed by atoms with van der Waals surface area (Å²) in [6, 6.07) is 5.10. The van der Waals surface area contributed by atoms with Crippen molar-refractivity contribution in [3.05, 3.63) is 51.9 Å². The molecule has 2 aromatic rings. The van der Waals surface area contributed by atoms with E-state index in [9.17, 15) is 12.8 Å². The van der Waals surface area contributed by atoms with Gasteiger partial charge in [0.15, 0.2) is 10.8 Å². The van der Waals surface area contributed by atoms with Crippen LogP contribution in [0.1, 0.15) is 5.56 Å². The van der Waals surface area contributed by atoms with Gasteiger partial charge in [0.2, 0.25) is 0 Å². The van der Waals surface area contributed by atoms with Gasteiger partial charge in [0, 0.05) is 12.7 Å². The molecule has 0 spiro atoms. The number of hydrogen-bond acceptors (Lipinski definition) is 4. The molecule has 0 aliphatic rings. The van der Waals surface area contributed by atoms with Gasteiger partial charge in [-0.3, -0.25) is 4.72 Å². The molecule has 21 heavy (non-hydrogen) atoms. The van der Waals surface area contributed by atoms with E-state index in [2.05, 4.69) is 9.71 Å². The van der Waals surface area contributed by atoms with Crippen molar-refractivity contribution in [2.45, 2.75) is 11.6 Å². The molecule has 0 atom stereocenters. The van der Waals surface area contributed by atoms with Gasteiger partial charge in [-0.05, 0) is 23.8 Å². The van der Waals surface area contributed by atoms with Gasteiger partial charge in [0.05, 0.1) is 15.7 Å². The van der Waals surface area contributed by atoms with Crippen LogP contribution in [0.25, 0.3) is 0 Å². The molecule has 0 amide bonds. The molecule has 1 aromatic carbocycles. The Morgan fingerprint density at radius 1 is 1.24 bits per heavy atom. The van der Waals surface area contributed by atoms with Crippen molar-refractivity contribution >= 4 is 38.9 Å². The summed E-state index contributed by atoms with van der Waals surface area (Å²) in [5, 5.41) is -0.769. The summed E-state index contributed by atoms with van der Waals surface area (Å²) < 4.78 is 39.8. The number of benzene rings is 1. The zero-order chi connectivity index (χ0) is 15.6. The van der Waals surface area contributed by atoms with E-state index < -0.39 is 15.8 Å². The standard InChI is InChI=1S/C12H10Cl2FN3O2S/c13-9-3-8(4-10(14)12(9)15)18-21(19,20)11-2-1-7(5-16)6-17-11/h1-4,6,18H,5,16H2. The highest BCUT2D eigenvalue weighted by molar-refractivity contribution is 7.92. The van der Waals surface area contributed by atoms with Crippen molar-refractivity contribution in [1.82, 2.24) is 4.98 Å². The molecule has 0 fully saturated rings. The lowest BCUT2D eigenvalue weighted by atomic mass is 10.3. The number of anilines is 1. The Morgan fingerprint density at radius 2 is 1.86 bits per heavy atom. The van der Waals surface area contributed by atoms with Crippen molar-refractivity contribution < 1.29 is 12.8 Å². The molecule has 112 valence electrons. The number of nitrogens with zero attached hydrogens (tertiary/aromatic N) is 1. The fourth-order valence-corrected chi connectivity index (χ4v) is 2.97. The van der Waals surface area contributed by atoms with Crippen molar-refractivity contribution in [2.75, 3.05) is 4.72 Å². The van der Waals surface area contributed by atoms with Crippen LogP contribution in [0.2, 0.25) is 10.0 Å². The van der Waals surface area contributed by atoms with E-state index in [4.69, 9.17) is 28.9 Å². The molecule has 0 aliphatic heterocycles. The van der Waals surface area contributed by atoms with E-state index >= 15 is 0 Å². The molecule has 1 aromatic heterocycles. The third-order valence-electron chi connectivity index (χ3n) is 2.54. The lowest BCUT2D eigenvalue weighted by Crippen LogP contribution is -2.15. The smallest absolute Gasteiger partial charge is 0.279 e. The minimum atomic E-state index is -3.93. The van der Waals surface area contributed by atoms with E-state index in [1.165, 1.54) is 12.3 Å². The SMILES string of the molecule is NCc1ccc(S(=O)(=O)Nc2cc(Cl)c(F)c(Cl)c2)nc1. The summed E-state index contributed by atoms with van der Waals surface area (Å²) >= 11 is 11.2. The maximum atomic E-state index is 13.3. The van der Waals surface area contributed by atoms with Crippen molar-refractivity contribution in [3.8, 4) is 0 Å². The molecule has 3 N–H and O–H groups in total. The van der Waals surface area contributed by atoms with Crippen molar-refractivity contribution in [3.63, 3.8) is 0 Å². The second kappa shape index (κ2) is 6.15. The highest BCUT2D eigenvalue weighted by Gasteiger charge is 2.17. The summed E-state index contributed by atoms with van der Waals surface area (Å²) in [4.78, 5) is 3.81. The van der Waals surface area contributed by atoms with Crippen LogP contribution in [0, 0.1) is 5.82 Å². The first-order chi connectivity index (χ1) is 9.83. The highest BCUT2D eigenvalue weighted by atomic mass is 35.5. The Kier molecular flexibility index (Phi) is 4.67. The molecule has 9 heteroatoms. The third kappa shape index (κ3) is 3.62. The van der Waals surface area contributed by atoms with Gasteiger partial charge < -0.3 is 5.73 Å². The minimum Gasteiger partial charge on any atom is -0.326 e. The highest BCUT2D eigenvalue weighted by Crippen LogP contribution is 2.28. The van der Waals surface area contributed by atoms with E-state index in [0.717, 1.165) is 12.1 Å². The second-order valence-electron chi connectivity index (χ2n) is 4.07. The second-order valence-corrected chi connectivity index (χ2v) is 6.51. The topological polar surface area (TPSA) is 85.1 Å². The number of sulfonamides is 1. The molecule has 0 saturated heterocycles. The Labute approximate surface area is 130 Å². The van der Waals surface area contributed by atoms with Gasteiger partial charge in [-0.25, -0.2) is 9.37 Å². The molecule has 2 rings (SSSR count). The number of halogens is 3. The predicted octanol–water partition coefficient (Wildman–Crippen LogP) is 2.79. The number of nitrogens with two attached hydrogens (primary N) is 1. The minimum absolute atomic E-state index is 0.0381. The predicted molar refractivity (Wildman–Crippen MR) is 79.4 cm³/mol. The first kappa shape index (κ1) is 16.0. The first-order valence-electron chi connectivity index (χ1n) is 5.66. The Morgan fingerprint density at radius 3 is 2.33 bits per heavy atom. The summed E-state index contributed by atoms with van der Waals surface area (Å²) in [7, 11) is -3.93. The molecule has 0 saturated carbocycles. The van der Waals surface area contributed by atoms with Crippen LogP contribution < -0.4 is 10.5 Å². The van der Waals surface area contributed by atoms with E-state index in [1.54, 1.807) is 6.07 Å². The number of hydrogen-bond donors (Lipinski definition) is 2. The van der Waals surface area contributed by atoms with Crippen LogP contribution in [0.3, 0.4) is 0 Å². The van der Waals surface area contributed by atoms with Crippen LogP contribution in [-0.2, 0) is 16.6 Å². The van der Waals surface area contributed by atoms with Gasteiger partial charge in [0.25, 0.3) is 10.0 Å². The van der Waals surface area contributed by atoms with Crippen LogP contribution in [0.4, 0.5) is 10.1 Å². The monoisotopic (exact) mass is 349 g/mol. The van der Waals surface area contributed by atoms with E-state index in [-0.39, 0.29) is 27.3 Å². The third-order valence-corrected chi connectivity index (χ3v) is 4.39. The maximum absolute atomic E-state index is 13.3. The van der Waals surface area contributed by atoms with Gasteiger partial charge >= 0.3 is 0 Å². The molecule has 1 heterocycles. The number of pyridine rings is 1. The molecule has 0 bridgehead atoms. The Hall–Kier alpha value is -1.41. The number of nitrogens with one attached hydrogen (secondary N) is 1. The average molecular weight is 350 g/mol. The first-order valence-corrected chi connectivity index (χ1v) is 7.90. The normalized spacial score (nSPS) is 11.4. The van der Waals surface area contributed by atoms with Crippen LogP contribution in [0.5, 0.6) is 0 Å². The Bertz CT molecular complexity index is 744. The molecule has 0 aliphatic carbocycles. The average Bonchev–Trinajstić information content (AvgIpc) is 2.44. The summed E-state index contributed by atoms with van der Waals surface area (Å²) in [6.07, 6.45) is 1.36. The fraction of sp³-hybridized carbons (Fsp3) is 0.0833. The largest absolute Gasteiger partial charge is 0.326 e. The van der Waals surface area contributed by atoms with Crippen LogP contribution >= 0.6 is 23.2 Å². The summed E-state index contributed by atoms with van der Waals surface area (Å²) in [5.74, 6) is -0.813. The number of rotatable bonds is 4. The number of aromatic nitrogens is 1. The van der Waals surface area contributed by atoms with Gasteiger partial charge in [-0.2, -0.15) is 8.42 Å². The molecule has 5 nitrogen and oxygen atoms in total.